The average Bonchev–Trinajstić information content (AvgIpc) is 2.59. The number of hydrogen-bond donors (Lipinski definition) is 1. The fraction of sp³-hybridized carbons (Fsp3) is 0.235. The van der Waals surface area contributed by atoms with Crippen LogP contribution in [0.2, 0.25) is 0 Å². The Morgan fingerprint density at radius 2 is 1.74 bits per heavy atom. The van der Waals surface area contributed by atoms with E-state index in [-0.39, 0.29) is 6.61 Å². The smallest absolute Gasteiger partial charge is 0.407 e. The van der Waals surface area contributed by atoms with Gasteiger partial charge in [-0.2, -0.15) is 0 Å². The number of methoxy groups -OCH3 is 2. The minimum atomic E-state index is -0.476. The van der Waals surface area contributed by atoms with Crippen LogP contribution in [-0.4, -0.2) is 20.3 Å². The summed E-state index contributed by atoms with van der Waals surface area (Å²) in [7, 11) is 3.14. The third-order valence-electron chi connectivity index (χ3n) is 3.19. The van der Waals surface area contributed by atoms with Gasteiger partial charge in [0, 0.05) is 11.0 Å². The highest BCUT2D eigenvalue weighted by Gasteiger charge is 2.11. The van der Waals surface area contributed by atoms with Gasteiger partial charge in [0.15, 0.2) is 11.5 Å². The van der Waals surface area contributed by atoms with Crippen LogP contribution in [-0.2, 0) is 17.9 Å². The molecule has 0 spiro atoms. The topological polar surface area (TPSA) is 56.8 Å². The molecule has 23 heavy (non-hydrogen) atoms. The molecule has 5 nitrogen and oxygen atoms in total. The highest BCUT2D eigenvalue weighted by Crippen LogP contribution is 2.33. The molecule has 0 aromatic heterocycles. The SMILES string of the molecule is COc1cc(Br)c(CNC(=O)OCc2ccccc2)cc1OC. The van der Waals surface area contributed by atoms with E-state index in [9.17, 15) is 4.79 Å². The molecule has 0 heterocycles. The summed E-state index contributed by atoms with van der Waals surface area (Å²) in [6, 6.07) is 13.1. The molecule has 0 aliphatic rings. The van der Waals surface area contributed by atoms with E-state index in [0.717, 1.165) is 15.6 Å². The summed E-state index contributed by atoms with van der Waals surface area (Å²) in [5, 5.41) is 2.71. The highest BCUT2D eigenvalue weighted by atomic mass is 79.9. The average molecular weight is 380 g/mol. The molecule has 1 amide bonds. The fourth-order valence-electron chi connectivity index (χ4n) is 1.97. The highest BCUT2D eigenvalue weighted by molar-refractivity contribution is 9.10. The molecule has 0 unspecified atom stereocenters. The second-order valence-corrected chi connectivity index (χ2v) is 5.57. The van der Waals surface area contributed by atoms with Crippen molar-refractivity contribution in [3.63, 3.8) is 0 Å². The van der Waals surface area contributed by atoms with Crippen molar-refractivity contribution in [1.82, 2.24) is 5.32 Å². The number of benzene rings is 2. The van der Waals surface area contributed by atoms with Gasteiger partial charge >= 0.3 is 6.09 Å². The van der Waals surface area contributed by atoms with Crippen molar-refractivity contribution in [2.45, 2.75) is 13.2 Å². The summed E-state index contributed by atoms with van der Waals surface area (Å²) < 4.78 is 16.5. The molecule has 0 radical (unpaired) electrons. The van der Waals surface area contributed by atoms with E-state index in [1.54, 1.807) is 26.4 Å². The van der Waals surface area contributed by atoms with Crippen LogP contribution in [0.5, 0.6) is 11.5 Å². The van der Waals surface area contributed by atoms with Gasteiger partial charge in [0.1, 0.15) is 6.61 Å². The second-order valence-electron chi connectivity index (χ2n) is 4.71. The van der Waals surface area contributed by atoms with E-state index in [0.29, 0.717) is 18.0 Å². The maximum Gasteiger partial charge on any atom is 0.407 e. The Balaban J connectivity index is 1.91. The van der Waals surface area contributed by atoms with E-state index in [4.69, 9.17) is 14.2 Å². The second kappa shape index (κ2) is 8.43. The molecule has 0 aliphatic carbocycles. The van der Waals surface area contributed by atoms with E-state index in [2.05, 4.69) is 21.2 Å². The predicted octanol–water partition coefficient (Wildman–Crippen LogP) is 3.89. The number of carbonyl (C=O) groups is 1. The van der Waals surface area contributed by atoms with Gasteiger partial charge in [0.2, 0.25) is 0 Å². The van der Waals surface area contributed by atoms with Crippen LogP contribution in [0.25, 0.3) is 0 Å². The number of rotatable bonds is 6. The maximum atomic E-state index is 11.8. The Bertz CT molecular complexity index is 661. The first-order valence-corrected chi connectivity index (χ1v) is 7.78. The van der Waals surface area contributed by atoms with E-state index in [1.165, 1.54) is 0 Å². The van der Waals surface area contributed by atoms with E-state index < -0.39 is 6.09 Å². The molecule has 0 bridgehead atoms. The zero-order valence-corrected chi connectivity index (χ0v) is 14.6. The van der Waals surface area contributed by atoms with Gasteiger partial charge in [-0.15, -0.1) is 0 Å². The third kappa shape index (κ3) is 4.89. The first-order chi connectivity index (χ1) is 11.1. The molecule has 2 rings (SSSR count). The predicted molar refractivity (Wildman–Crippen MR) is 90.7 cm³/mol. The summed E-state index contributed by atoms with van der Waals surface area (Å²) in [6.07, 6.45) is -0.476. The lowest BCUT2D eigenvalue weighted by molar-refractivity contribution is 0.139. The summed E-state index contributed by atoms with van der Waals surface area (Å²) in [6.45, 7) is 0.550. The van der Waals surface area contributed by atoms with Crippen LogP contribution in [0.4, 0.5) is 4.79 Å². The Hall–Kier alpha value is -2.21. The molecule has 2 aromatic rings. The molecule has 122 valence electrons. The first kappa shape index (κ1) is 17.1. The summed E-state index contributed by atoms with van der Waals surface area (Å²) in [4.78, 5) is 11.8. The number of alkyl carbamates (subject to hydrolysis) is 1. The summed E-state index contributed by atoms with van der Waals surface area (Å²) in [5.74, 6) is 1.22. The molecule has 0 fully saturated rings. The standard InChI is InChI=1S/C17H18BrNO4/c1-21-15-8-13(14(18)9-16(15)22-2)10-19-17(20)23-11-12-6-4-3-5-7-12/h3-9H,10-11H2,1-2H3,(H,19,20). The van der Waals surface area contributed by atoms with Gasteiger partial charge in [-0.3, -0.25) is 0 Å². The molecular weight excluding hydrogens is 362 g/mol. The van der Waals surface area contributed by atoms with Crippen molar-refractivity contribution in [2.75, 3.05) is 14.2 Å². The number of halogens is 1. The van der Waals surface area contributed by atoms with Crippen LogP contribution in [0, 0.1) is 0 Å². The van der Waals surface area contributed by atoms with Crippen LogP contribution in [0.3, 0.4) is 0 Å². The number of carbonyl (C=O) groups excluding carboxylic acids is 1. The molecular formula is C17H18BrNO4. The quantitative estimate of drug-likeness (QED) is 0.826. The van der Waals surface area contributed by atoms with Crippen molar-refractivity contribution in [1.29, 1.82) is 0 Å². The largest absolute Gasteiger partial charge is 0.493 e. The van der Waals surface area contributed by atoms with Gasteiger partial charge in [0.25, 0.3) is 0 Å². The number of ether oxygens (including phenoxy) is 3. The van der Waals surface area contributed by atoms with Crippen molar-refractivity contribution in [2.24, 2.45) is 0 Å². The Kier molecular flexibility index (Phi) is 6.29. The van der Waals surface area contributed by atoms with Gasteiger partial charge in [-0.1, -0.05) is 46.3 Å². The minimum absolute atomic E-state index is 0.236. The number of hydrogen-bond acceptors (Lipinski definition) is 4. The van der Waals surface area contributed by atoms with Crippen LogP contribution in [0.1, 0.15) is 11.1 Å². The zero-order chi connectivity index (χ0) is 16.7. The van der Waals surface area contributed by atoms with Gasteiger partial charge < -0.3 is 19.5 Å². The van der Waals surface area contributed by atoms with Crippen LogP contribution in [0.15, 0.2) is 46.9 Å². The van der Waals surface area contributed by atoms with Crippen molar-refractivity contribution in [3.8, 4) is 11.5 Å². The number of amides is 1. The summed E-state index contributed by atoms with van der Waals surface area (Å²) in [5.41, 5.74) is 1.80. The van der Waals surface area contributed by atoms with Crippen molar-refractivity contribution < 1.29 is 19.0 Å². The van der Waals surface area contributed by atoms with E-state index in [1.807, 2.05) is 30.3 Å². The van der Waals surface area contributed by atoms with Crippen molar-refractivity contribution >= 4 is 22.0 Å². The number of nitrogens with one attached hydrogen (secondary N) is 1. The minimum Gasteiger partial charge on any atom is -0.493 e. The van der Waals surface area contributed by atoms with Gasteiger partial charge in [0.05, 0.1) is 14.2 Å². The molecule has 6 heteroatoms. The maximum absolute atomic E-state index is 11.8. The normalized spacial score (nSPS) is 10.0. The molecule has 0 saturated carbocycles. The molecule has 2 aromatic carbocycles. The fourth-order valence-corrected chi connectivity index (χ4v) is 2.44. The van der Waals surface area contributed by atoms with Crippen LogP contribution >= 0.6 is 15.9 Å². The third-order valence-corrected chi connectivity index (χ3v) is 3.93. The van der Waals surface area contributed by atoms with E-state index >= 15 is 0 Å². The van der Waals surface area contributed by atoms with Crippen LogP contribution < -0.4 is 14.8 Å². The molecule has 0 saturated heterocycles. The zero-order valence-electron chi connectivity index (χ0n) is 13.0. The molecule has 1 N–H and O–H groups in total. The lowest BCUT2D eigenvalue weighted by Crippen LogP contribution is -2.23. The van der Waals surface area contributed by atoms with Crippen molar-refractivity contribution in [3.05, 3.63) is 58.1 Å². The lowest BCUT2D eigenvalue weighted by Gasteiger charge is -2.12. The van der Waals surface area contributed by atoms with Gasteiger partial charge in [-0.25, -0.2) is 4.79 Å². The Labute approximate surface area is 143 Å². The Morgan fingerprint density at radius 1 is 1.09 bits per heavy atom. The summed E-state index contributed by atoms with van der Waals surface area (Å²) >= 11 is 3.45. The first-order valence-electron chi connectivity index (χ1n) is 6.99. The Morgan fingerprint density at radius 3 is 2.39 bits per heavy atom. The molecule has 0 atom stereocenters. The monoisotopic (exact) mass is 379 g/mol. The lowest BCUT2D eigenvalue weighted by atomic mass is 10.2. The van der Waals surface area contributed by atoms with Gasteiger partial charge in [-0.05, 0) is 23.3 Å². The molecule has 0 aliphatic heterocycles.